The first kappa shape index (κ1) is 33.0. The Morgan fingerprint density at radius 2 is 1.40 bits per heavy atom. The van der Waals surface area contributed by atoms with Crippen LogP contribution in [0.4, 0.5) is 0 Å². The molecule has 1 heterocycles. The molecule has 0 fully saturated rings. The van der Waals surface area contributed by atoms with Crippen molar-refractivity contribution in [2.45, 2.75) is 56.3 Å². The van der Waals surface area contributed by atoms with Gasteiger partial charge < -0.3 is 53.5 Å². The number of carboxylic acid groups (broad SMARTS) is 3. The van der Waals surface area contributed by atoms with E-state index < -0.39 is 72.6 Å². The molecule has 0 saturated heterocycles. The molecule has 0 saturated carbocycles. The number of benzene rings is 1. The molecule has 17 nitrogen and oxygen atoms in total. The number of hydrogen-bond acceptors (Lipinski definition) is 8. The van der Waals surface area contributed by atoms with Crippen LogP contribution in [0.15, 0.2) is 35.5 Å². The molecule has 228 valence electrons. The molecule has 4 unspecified atom stereocenters. The Bertz CT molecular complexity index is 1340. The van der Waals surface area contributed by atoms with Gasteiger partial charge in [0.25, 0.3) is 0 Å². The van der Waals surface area contributed by atoms with Crippen molar-refractivity contribution in [1.29, 1.82) is 0 Å². The van der Waals surface area contributed by atoms with E-state index in [2.05, 4.69) is 20.6 Å². The van der Waals surface area contributed by atoms with Crippen LogP contribution < -0.4 is 33.2 Å². The van der Waals surface area contributed by atoms with E-state index in [-0.39, 0.29) is 31.8 Å². The highest BCUT2D eigenvalue weighted by Crippen LogP contribution is 2.19. The first-order valence-corrected chi connectivity index (χ1v) is 12.7. The van der Waals surface area contributed by atoms with Gasteiger partial charge in [-0.25, -0.2) is 4.79 Å². The van der Waals surface area contributed by atoms with E-state index in [0.29, 0.717) is 0 Å². The number of nitrogens with zero attached hydrogens (tertiary/aromatic N) is 1. The third-order valence-electron chi connectivity index (χ3n) is 6.03. The Labute approximate surface area is 238 Å². The third-order valence-corrected chi connectivity index (χ3v) is 6.03. The smallest absolute Gasteiger partial charge is 0.326 e. The fraction of sp³-hybridized carbons (Fsp3) is 0.400. The lowest BCUT2D eigenvalue weighted by molar-refractivity contribution is -0.148. The number of hydrogen-bond donors (Lipinski definition) is 10. The number of fused-ring (bicyclic) bond motifs is 1. The van der Waals surface area contributed by atoms with Crippen LogP contribution in [-0.4, -0.2) is 92.6 Å². The molecule has 17 heteroatoms. The van der Waals surface area contributed by atoms with Crippen molar-refractivity contribution in [3.8, 4) is 0 Å². The highest BCUT2D eigenvalue weighted by Gasteiger charge is 2.32. The van der Waals surface area contributed by atoms with Crippen molar-refractivity contribution in [1.82, 2.24) is 20.9 Å². The standard InChI is InChI=1S/C25H34N8O9/c26-14(8-12-11-30-15-5-2-1-4-13(12)15)21(38)31-16(6-3-7-29-25(27)28)22(39)32-17(9-19(34)35)23(40)33-18(24(41)42)10-20(36)37/h1-2,4-5,11,14,16-18,30H,3,6-10,26H2,(H,31,38)(H,32,39)(H,33,40)(H,34,35)(H,36,37)(H,41,42)(H4,27,28,29). The minimum absolute atomic E-state index is 0.0493. The summed E-state index contributed by atoms with van der Waals surface area (Å²) in [5.74, 6) is -7.87. The Morgan fingerprint density at radius 1 is 0.833 bits per heavy atom. The highest BCUT2D eigenvalue weighted by molar-refractivity contribution is 5.96. The zero-order valence-electron chi connectivity index (χ0n) is 22.4. The SMILES string of the molecule is NC(N)=NCCCC(NC(=O)C(N)Cc1c[nH]c2ccccc12)C(=O)NC(CC(=O)O)C(=O)NC(CC(=O)O)C(=O)O. The normalized spacial score (nSPS) is 13.6. The van der Waals surface area contributed by atoms with Gasteiger partial charge in [-0.1, -0.05) is 18.2 Å². The second-order valence-electron chi connectivity index (χ2n) is 9.34. The molecule has 13 N–H and O–H groups in total. The Hall–Kier alpha value is -5.19. The molecule has 2 aromatic rings. The first-order chi connectivity index (χ1) is 19.8. The predicted octanol–water partition coefficient (Wildman–Crippen LogP) is -2.42. The summed E-state index contributed by atoms with van der Waals surface area (Å²) in [6.07, 6.45) is -0.00240. The second kappa shape index (κ2) is 15.6. The molecule has 4 atom stereocenters. The number of aliphatic carboxylic acids is 3. The molecule has 3 amide bonds. The molecule has 0 aliphatic carbocycles. The van der Waals surface area contributed by atoms with E-state index in [1.165, 1.54) is 0 Å². The van der Waals surface area contributed by atoms with E-state index in [4.69, 9.17) is 22.3 Å². The molecule has 1 aromatic carbocycles. The number of H-pyrrole nitrogens is 1. The van der Waals surface area contributed by atoms with Crippen LogP contribution in [0.2, 0.25) is 0 Å². The number of aromatic nitrogens is 1. The van der Waals surface area contributed by atoms with E-state index in [0.717, 1.165) is 16.5 Å². The van der Waals surface area contributed by atoms with Gasteiger partial charge >= 0.3 is 17.9 Å². The number of nitrogens with two attached hydrogens (primary N) is 3. The summed E-state index contributed by atoms with van der Waals surface area (Å²) in [6, 6.07) is 1.26. The summed E-state index contributed by atoms with van der Waals surface area (Å²) >= 11 is 0. The van der Waals surface area contributed by atoms with Crippen LogP contribution in [0.5, 0.6) is 0 Å². The van der Waals surface area contributed by atoms with Crippen molar-refractivity contribution in [2.75, 3.05) is 6.54 Å². The summed E-state index contributed by atoms with van der Waals surface area (Å²) in [7, 11) is 0. The lowest BCUT2D eigenvalue weighted by Crippen LogP contribution is -2.57. The van der Waals surface area contributed by atoms with Gasteiger partial charge in [-0.3, -0.25) is 29.0 Å². The van der Waals surface area contributed by atoms with Crippen molar-refractivity contribution >= 4 is 52.5 Å². The minimum atomic E-state index is -1.89. The molecular formula is C25H34N8O9. The van der Waals surface area contributed by atoms with Gasteiger partial charge in [0.2, 0.25) is 17.7 Å². The lowest BCUT2D eigenvalue weighted by Gasteiger charge is -2.24. The molecule has 0 aliphatic heterocycles. The van der Waals surface area contributed by atoms with Crippen molar-refractivity contribution in [3.05, 3.63) is 36.0 Å². The number of carboxylic acids is 3. The second-order valence-corrected chi connectivity index (χ2v) is 9.34. The van der Waals surface area contributed by atoms with Crippen molar-refractivity contribution in [2.24, 2.45) is 22.2 Å². The van der Waals surface area contributed by atoms with Crippen molar-refractivity contribution < 1.29 is 44.1 Å². The maximum Gasteiger partial charge on any atom is 0.326 e. The van der Waals surface area contributed by atoms with Crippen LogP contribution in [0.1, 0.15) is 31.2 Å². The summed E-state index contributed by atoms with van der Waals surface area (Å²) in [5.41, 5.74) is 18.3. The monoisotopic (exact) mass is 590 g/mol. The van der Waals surface area contributed by atoms with Crippen LogP contribution in [0, 0.1) is 0 Å². The molecule has 0 spiro atoms. The fourth-order valence-electron chi connectivity index (χ4n) is 3.98. The van der Waals surface area contributed by atoms with Gasteiger partial charge in [-0.15, -0.1) is 0 Å². The average Bonchev–Trinajstić information content (AvgIpc) is 3.31. The zero-order valence-corrected chi connectivity index (χ0v) is 22.4. The number of carbonyl (C=O) groups is 6. The van der Waals surface area contributed by atoms with Gasteiger partial charge in [-0.2, -0.15) is 0 Å². The Kier molecular flexibility index (Phi) is 12.2. The quantitative estimate of drug-likeness (QED) is 0.0523. The number of rotatable bonds is 17. The number of nitrogens with one attached hydrogen (secondary N) is 4. The third kappa shape index (κ3) is 10.4. The van der Waals surface area contributed by atoms with E-state index in [1.54, 1.807) is 6.20 Å². The fourth-order valence-corrected chi connectivity index (χ4v) is 3.98. The Balaban J connectivity index is 2.19. The van der Waals surface area contributed by atoms with Crippen LogP contribution in [0.25, 0.3) is 10.9 Å². The molecule has 0 radical (unpaired) electrons. The first-order valence-electron chi connectivity index (χ1n) is 12.7. The van der Waals surface area contributed by atoms with Gasteiger partial charge in [0, 0.05) is 23.6 Å². The zero-order chi connectivity index (χ0) is 31.4. The molecule has 0 bridgehead atoms. The van der Waals surface area contributed by atoms with Crippen molar-refractivity contribution in [3.63, 3.8) is 0 Å². The maximum absolute atomic E-state index is 13.2. The lowest BCUT2D eigenvalue weighted by atomic mass is 10.0. The van der Waals surface area contributed by atoms with Gasteiger partial charge in [0.05, 0.1) is 18.9 Å². The minimum Gasteiger partial charge on any atom is -0.481 e. The van der Waals surface area contributed by atoms with E-state index in [1.807, 2.05) is 29.6 Å². The summed E-state index contributed by atoms with van der Waals surface area (Å²) in [6.45, 7) is 0.0812. The van der Waals surface area contributed by atoms with Gasteiger partial charge in [0.15, 0.2) is 5.96 Å². The topological polar surface area (TPSA) is 305 Å². The van der Waals surface area contributed by atoms with E-state index >= 15 is 0 Å². The largest absolute Gasteiger partial charge is 0.481 e. The summed E-state index contributed by atoms with van der Waals surface area (Å²) < 4.78 is 0. The van der Waals surface area contributed by atoms with Gasteiger partial charge in [-0.05, 0) is 30.9 Å². The summed E-state index contributed by atoms with van der Waals surface area (Å²) in [4.78, 5) is 79.4. The highest BCUT2D eigenvalue weighted by atomic mass is 16.4. The molecule has 2 rings (SSSR count). The number of para-hydroxylation sites is 1. The number of carbonyl (C=O) groups excluding carboxylic acids is 3. The predicted molar refractivity (Wildman–Crippen MR) is 148 cm³/mol. The average molecular weight is 591 g/mol. The molecular weight excluding hydrogens is 556 g/mol. The number of guanidine groups is 1. The molecule has 0 aliphatic rings. The molecule has 42 heavy (non-hydrogen) atoms. The number of amides is 3. The Morgan fingerprint density at radius 3 is 2.02 bits per heavy atom. The summed E-state index contributed by atoms with van der Waals surface area (Å²) in [5, 5.41) is 34.8. The van der Waals surface area contributed by atoms with Crippen LogP contribution >= 0.6 is 0 Å². The van der Waals surface area contributed by atoms with E-state index in [9.17, 15) is 39.0 Å². The van der Waals surface area contributed by atoms with Crippen LogP contribution in [-0.2, 0) is 35.2 Å². The van der Waals surface area contributed by atoms with Crippen LogP contribution in [0.3, 0.4) is 0 Å². The maximum atomic E-state index is 13.2. The molecule has 1 aromatic heterocycles. The number of aliphatic imine (C=N–C) groups is 1. The van der Waals surface area contributed by atoms with Gasteiger partial charge in [0.1, 0.15) is 18.1 Å². The number of aromatic amines is 1.